The minimum absolute atomic E-state index is 0.123. The molecule has 1 aromatic carbocycles. The van der Waals surface area contributed by atoms with Gasteiger partial charge in [0.05, 0.1) is 13.7 Å². The predicted octanol–water partition coefficient (Wildman–Crippen LogP) is 2.64. The number of aromatic nitrogens is 2. The van der Waals surface area contributed by atoms with Crippen molar-refractivity contribution in [2.24, 2.45) is 0 Å². The predicted molar refractivity (Wildman–Crippen MR) is 81.5 cm³/mol. The Bertz CT molecular complexity index is 805. The first-order chi connectivity index (χ1) is 11.2. The van der Waals surface area contributed by atoms with Crippen molar-refractivity contribution in [1.82, 2.24) is 15.5 Å². The molecule has 0 saturated heterocycles. The molecule has 1 amide bonds. The molecule has 23 heavy (non-hydrogen) atoms. The summed E-state index contributed by atoms with van der Waals surface area (Å²) < 4.78 is 15.9. The zero-order chi connectivity index (χ0) is 16.2. The van der Waals surface area contributed by atoms with E-state index in [0.717, 1.165) is 11.3 Å². The molecule has 118 valence electrons. The summed E-state index contributed by atoms with van der Waals surface area (Å²) in [5.41, 5.74) is 0.811. The van der Waals surface area contributed by atoms with E-state index in [1.165, 1.54) is 6.92 Å². The number of ether oxygens (including phenoxy) is 1. The summed E-state index contributed by atoms with van der Waals surface area (Å²) in [6, 6.07) is 10.8. The monoisotopic (exact) mass is 313 g/mol. The van der Waals surface area contributed by atoms with Gasteiger partial charge in [0.2, 0.25) is 11.7 Å². The van der Waals surface area contributed by atoms with E-state index in [4.69, 9.17) is 13.7 Å². The summed E-state index contributed by atoms with van der Waals surface area (Å²) >= 11 is 0. The second-order valence-electron chi connectivity index (χ2n) is 4.83. The van der Waals surface area contributed by atoms with Crippen molar-refractivity contribution in [1.29, 1.82) is 0 Å². The number of furan rings is 1. The standard InChI is InChI=1S/C16H15N3O4/c1-10(20)17-9-13-7-8-14(22-13)16-18-15(19-23-16)11-3-5-12(21-2)6-4-11/h3-8H,9H2,1-2H3,(H,17,20). The van der Waals surface area contributed by atoms with Crippen LogP contribution in [0.4, 0.5) is 0 Å². The van der Waals surface area contributed by atoms with Crippen molar-refractivity contribution in [3.05, 3.63) is 42.2 Å². The van der Waals surface area contributed by atoms with Crippen molar-refractivity contribution in [2.45, 2.75) is 13.5 Å². The van der Waals surface area contributed by atoms with Crippen LogP contribution in [-0.4, -0.2) is 23.2 Å². The minimum atomic E-state index is -0.123. The molecule has 0 atom stereocenters. The van der Waals surface area contributed by atoms with Crippen LogP contribution in [0.3, 0.4) is 0 Å². The highest BCUT2D eigenvalue weighted by Gasteiger charge is 2.14. The van der Waals surface area contributed by atoms with Crippen LogP contribution < -0.4 is 10.1 Å². The summed E-state index contributed by atoms with van der Waals surface area (Å²) in [5, 5.41) is 6.60. The fourth-order valence-corrected chi connectivity index (χ4v) is 1.98. The normalized spacial score (nSPS) is 10.5. The highest BCUT2D eigenvalue weighted by molar-refractivity contribution is 5.72. The first kappa shape index (κ1) is 14.8. The fraction of sp³-hybridized carbons (Fsp3) is 0.188. The van der Waals surface area contributed by atoms with Crippen LogP contribution in [0.5, 0.6) is 5.75 Å². The smallest absolute Gasteiger partial charge is 0.293 e. The summed E-state index contributed by atoms with van der Waals surface area (Å²) in [7, 11) is 1.61. The molecule has 0 aliphatic carbocycles. The number of nitrogens with zero attached hydrogens (tertiary/aromatic N) is 2. The number of benzene rings is 1. The first-order valence-electron chi connectivity index (χ1n) is 6.97. The lowest BCUT2D eigenvalue weighted by atomic mass is 10.2. The van der Waals surface area contributed by atoms with E-state index in [9.17, 15) is 4.79 Å². The van der Waals surface area contributed by atoms with Crippen LogP contribution in [0, 0.1) is 0 Å². The SMILES string of the molecule is COc1ccc(-c2noc(-c3ccc(CNC(C)=O)o3)n2)cc1. The largest absolute Gasteiger partial charge is 0.497 e. The van der Waals surface area contributed by atoms with Crippen LogP contribution in [0.2, 0.25) is 0 Å². The van der Waals surface area contributed by atoms with Crippen molar-refractivity contribution in [2.75, 3.05) is 7.11 Å². The lowest BCUT2D eigenvalue weighted by molar-refractivity contribution is -0.119. The number of carbonyl (C=O) groups is 1. The molecule has 0 spiro atoms. The number of carbonyl (C=O) groups excluding carboxylic acids is 1. The third-order valence-electron chi connectivity index (χ3n) is 3.16. The number of amides is 1. The maximum atomic E-state index is 10.9. The number of methoxy groups -OCH3 is 1. The van der Waals surface area contributed by atoms with E-state index in [1.807, 2.05) is 24.3 Å². The summed E-state index contributed by atoms with van der Waals surface area (Å²) in [5.74, 6) is 2.44. The number of hydrogen-bond donors (Lipinski definition) is 1. The second-order valence-corrected chi connectivity index (χ2v) is 4.83. The first-order valence-corrected chi connectivity index (χ1v) is 6.97. The fourth-order valence-electron chi connectivity index (χ4n) is 1.98. The van der Waals surface area contributed by atoms with Gasteiger partial charge in [-0.2, -0.15) is 4.98 Å². The number of hydrogen-bond acceptors (Lipinski definition) is 6. The molecule has 0 unspecified atom stereocenters. The highest BCUT2D eigenvalue weighted by Crippen LogP contribution is 2.25. The third-order valence-corrected chi connectivity index (χ3v) is 3.16. The van der Waals surface area contributed by atoms with Gasteiger partial charge < -0.3 is 19.0 Å². The molecule has 3 aromatic rings. The van der Waals surface area contributed by atoms with Gasteiger partial charge in [-0.3, -0.25) is 4.79 Å². The van der Waals surface area contributed by atoms with Gasteiger partial charge in [0.1, 0.15) is 11.5 Å². The Balaban J connectivity index is 1.77. The molecule has 0 aliphatic heterocycles. The van der Waals surface area contributed by atoms with Gasteiger partial charge in [0.25, 0.3) is 5.89 Å². The molecule has 0 fully saturated rings. The van der Waals surface area contributed by atoms with E-state index in [0.29, 0.717) is 23.9 Å². The van der Waals surface area contributed by atoms with Crippen LogP contribution in [0.25, 0.3) is 23.0 Å². The summed E-state index contributed by atoms with van der Waals surface area (Å²) in [4.78, 5) is 15.2. The quantitative estimate of drug-likeness (QED) is 0.778. The van der Waals surface area contributed by atoms with E-state index >= 15 is 0 Å². The molecule has 1 N–H and O–H groups in total. The molecule has 3 rings (SSSR count). The van der Waals surface area contributed by atoms with Gasteiger partial charge in [-0.05, 0) is 36.4 Å². The van der Waals surface area contributed by atoms with Crippen LogP contribution >= 0.6 is 0 Å². The van der Waals surface area contributed by atoms with Gasteiger partial charge in [-0.25, -0.2) is 0 Å². The molecule has 7 heteroatoms. The maximum absolute atomic E-state index is 10.9. The van der Waals surface area contributed by atoms with Gasteiger partial charge in [-0.1, -0.05) is 5.16 Å². The molecule has 7 nitrogen and oxygen atoms in total. The van der Waals surface area contributed by atoms with Crippen LogP contribution in [-0.2, 0) is 11.3 Å². The average molecular weight is 313 g/mol. The molecular weight excluding hydrogens is 298 g/mol. The molecule has 0 aliphatic rings. The van der Waals surface area contributed by atoms with E-state index < -0.39 is 0 Å². The molecule has 2 heterocycles. The van der Waals surface area contributed by atoms with Crippen molar-refractivity contribution < 1.29 is 18.5 Å². The van der Waals surface area contributed by atoms with Crippen LogP contribution in [0.15, 0.2) is 45.3 Å². The van der Waals surface area contributed by atoms with Crippen LogP contribution in [0.1, 0.15) is 12.7 Å². The Labute approximate surface area is 132 Å². The molecular formula is C16H15N3O4. The van der Waals surface area contributed by atoms with E-state index in [2.05, 4.69) is 15.5 Å². The molecule has 0 bridgehead atoms. The van der Waals surface area contributed by atoms with Gasteiger partial charge in [0, 0.05) is 12.5 Å². The zero-order valence-electron chi connectivity index (χ0n) is 12.7. The lowest BCUT2D eigenvalue weighted by Gasteiger charge is -1.98. The lowest BCUT2D eigenvalue weighted by Crippen LogP contribution is -2.18. The van der Waals surface area contributed by atoms with Gasteiger partial charge in [-0.15, -0.1) is 0 Å². The summed E-state index contributed by atoms with van der Waals surface area (Å²) in [6.45, 7) is 1.76. The van der Waals surface area contributed by atoms with Crippen molar-refractivity contribution in [3.63, 3.8) is 0 Å². The Hall–Kier alpha value is -3.09. The van der Waals surface area contributed by atoms with Gasteiger partial charge >= 0.3 is 0 Å². The Morgan fingerprint density at radius 3 is 2.70 bits per heavy atom. The average Bonchev–Trinajstić information content (AvgIpc) is 3.22. The number of rotatable bonds is 5. The third kappa shape index (κ3) is 3.39. The Morgan fingerprint density at radius 1 is 1.22 bits per heavy atom. The van der Waals surface area contributed by atoms with Crippen molar-refractivity contribution >= 4 is 5.91 Å². The minimum Gasteiger partial charge on any atom is -0.497 e. The molecule has 2 aromatic heterocycles. The Morgan fingerprint density at radius 2 is 2.00 bits per heavy atom. The summed E-state index contributed by atoms with van der Waals surface area (Å²) in [6.07, 6.45) is 0. The zero-order valence-corrected chi connectivity index (χ0v) is 12.7. The molecule has 0 saturated carbocycles. The number of nitrogens with one attached hydrogen (secondary N) is 1. The molecule has 0 radical (unpaired) electrons. The maximum Gasteiger partial charge on any atom is 0.293 e. The highest BCUT2D eigenvalue weighted by atomic mass is 16.5. The second kappa shape index (κ2) is 6.35. The van der Waals surface area contributed by atoms with E-state index in [-0.39, 0.29) is 11.8 Å². The van der Waals surface area contributed by atoms with E-state index in [1.54, 1.807) is 19.2 Å². The van der Waals surface area contributed by atoms with Crippen molar-refractivity contribution in [3.8, 4) is 28.8 Å². The Kier molecular flexibility index (Phi) is 4.09. The topological polar surface area (TPSA) is 90.4 Å². The van der Waals surface area contributed by atoms with Gasteiger partial charge in [0.15, 0.2) is 5.76 Å².